The van der Waals surface area contributed by atoms with Gasteiger partial charge in [-0.25, -0.2) is 4.68 Å². The van der Waals surface area contributed by atoms with Gasteiger partial charge in [-0.15, -0.1) is 5.10 Å². The van der Waals surface area contributed by atoms with Gasteiger partial charge >= 0.3 is 0 Å². The highest BCUT2D eigenvalue weighted by Crippen LogP contribution is 2.29. The van der Waals surface area contributed by atoms with Crippen LogP contribution in [-0.2, 0) is 7.05 Å². The fourth-order valence-corrected chi connectivity index (χ4v) is 1.61. The molecule has 0 spiro atoms. The van der Waals surface area contributed by atoms with Crippen LogP contribution in [0.5, 0.6) is 0 Å². The Labute approximate surface area is 95.2 Å². The summed E-state index contributed by atoms with van der Waals surface area (Å²) in [6.07, 6.45) is 0. The van der Waals surface area contributed by atoms with Crippen molar-refractivity contribution in [3.63, 3.8) is 0 Å². The maximum absolute atomic E-state index is 5.90. The molecule has 0 atom stereocenters. The van der Waals surface area contributed by atoms with Gasteiger partial charge < -0.3 is 11.5 Å². The molecule has 6 heteroatoms. The van der Waals surface area contributed by atoms with Gasteiger partial charge in [-0.05, 0) is 28.1 Å². The maximum atomic E-state index is 5.90. The van der Waals surface area contributed by atoms with Gasteiger partial charge in [0.15, 0.2) is 5.82 Å². The molecule has 1 heterocycles. The zero-order valence-corrected chi connectivity index (χ0v) is 9.69. The zero-order valence-electron chi connectivity index (χ0n) is 8.11. The molecule has 0 aliphatic heterocycles. The van der Waals surface area contributed by atoms with Crippen LogP contribution in [0.25, 0.3) is 11.4 Å². The molecule has 1 aromatic heterocycles. The molecule has 15 heavy (non-hydrogen) atoms. The summed E-state index contributed by atoms with van der Waals surface area (Å²) in [4.78, 5) is 4.11. The third-order valence-corrected chi connectivity index (χ3v) is 2.78. The monoisotopic (exact) mass is 267 g/mol. The molecular weight excluding hydrogens is 258 g/mol. The quantitative estimate of drug-likeness (QED) is 0.766. The van der Waals surface area contributed by atoms with Crippen LogP contribution in [-0.4, -0.2) is 14.8 Å². The number of hydrogen-bond acceptors (Lipinski definition) is 4. The summed E-state index contributed by atoms with van der Waals surface area (Å²) < 4.78 is 2.33. The number of rotatable bonds is 1. The first kappa shape index (κ1) is 9.97. The van der Waals surface area contributed by atoms with Crippen molar-refractivity contribution in [2.75, 3.05) is 11.5 Å². The average Bonchev–Trinajstić information content (AvgIpc) is 2.51. The van der Waals surface area contributed by atoms with E-state index in [-0.39, 0.29) is 0 Å². The van der Waals surface area contributed by atoms with Gasteiger partial charge in [0, 0.05) is 17.1 Å². The van der Waals surface area contributed by atoms with Crippen LogP contribution >= 0.6 is 15.9 Å². The van der Waals surface area contributed by atoms with Crippen molar-refractivity contribution >= 4 is 27.6 Å². The molecule has 0 radical (unpaired) electrons. The summed E-state index contributed by atoms with van der Waals surface area (Å²) in [6, 6.07) is 5.60. The highest BCUT2D eigenvalue weighted by Gasteiger charge is 2.11. The average molecular weight is 268 g/mol. The van der Waals surface area contributed by atoms with Crippen molar-refractivity contribution < 1.29 is 0 Å². The lowest BCUT2D eigenvalue weighted by Gasteiger charge is -2.02. The third kappa shape index (κ3) is 1.68. The molecule has 1 aromatic carbocycles. The van der Waals surface area contributed by atoms with Crippen LogP contribution in [0.15, 0.2) is 22.7 Å². The summed E-state index contributed by atoms with van der Waals surface area (Å²) >= 11 is 3.35. The number of aromatic nitrogens is 3. The Morgan fingerprint density at radius 3 is 2.67 bits per heavy atom. The molecule has 2 aromatic rings. The summed E-state index contributed by atoms with van der Waals surface area (Å²) in [6.45, 7) is 0. The predicted octanol–water partition coefficient (Wildman–Crippen LogP) is 1.41. The largest absolute Gasteiger partial charge is 0.397 e. The van der Waals surface area contributed by atoms with Crippen LogP contribution in [0.4, 0.5) is 11.6 Å². The van der Waals surface area contributed by atoms with Gasteiger partial charge in [-0.2, -0.15) is 4.98 Å². The lowest BCUT2D eigenvalue weighted by Crippen LogP contribution is -1.97. The Hall–Kier alpha value is -1.56. The molecule has 4 N–H and O–H groups in total. The van der Waals surface area contributed by atoms with E-state index in [0.29, 0.717) is 17.5 Å². The number of para-hydroxylation sites is 1. The van der Waals surface area contributed by atoms with E-state index in [2.05, 4.69) is 26.0 Å². The molecule has 0 aliphatic carbocycles. The van der Waals surface area contributed by atoms with Crippen molar-refractivity contribution in [2.45, 2.75) is 0 Å². The zero-order chi connectivity index (χ0) is 11.0. The number of halogens is 1. The minimum absolute atomic E-state index is 0.365. The van der Waals surface area contributed by atoms with Crippen molar-refractivity contribution in [3.8, 4) is 11.4 Å². The number of nitrogens with two attached hydrogens (primary N) is 2. The van der Waals surface area contributed by atoms with Crippen molar-refractivity contribution in [1.82, 2.24) is 14.8 Å². The van der Waals surface area contributed by atoms with E-state index in [0.717, 1.165) is 10.0 Å². The highest BCUT2D eigenvalue weighted by atomic mass is 79.9. The Kier molecular flexibility index (Phi) is 2.36. The lowest BCUT2D eigenvalue weighted by molar-refractivity contribution is 0.781. The van der Waals surface area contributed by atoms with E-state index in [4.69, 9.17) is 11.5 Å². The predicted molar refractivity (Wildman–Crippen MR) is 63.0 cm³/mol. The molecule has 78 valence electrons. The normalized spacial score (nSPS) is 10.5. The molecule has 0 amide bonds. The number of benzene rings is 1. The van der Waals surface area contributed by atoms with Crippen LogP contribution in [0.1, 0.15) is 0 Å². The van der Waals surface area contributed by atoms with Crippen LogP contribution < -0.4 is 11.5 Å². The molecular formula is C9H10BrN5. The van der Waals surface area contributed by atoms with E-state index in [1.807, 2.05) is 18.2 Å². The Balaban J connectivity index is 2.59. The minimum atomic E-state index is 0.365. The second-order valence-electron chi connectivity index (χ2n) is 3.12. The summed E-state index contributed by atoms with van der Waals surface area (Å²) in [5.41, 5.74) is 12.9. The molecule has 0 unspecified atom stereocenters. The van der Waals surface area contributed by atoms with E-state index in [1.54, 1.807) is 7.05 Å². The molecule has 0 fully saturated rings. The molecule has 0 bridgehead atoms. The molecule has 0 saturated heterocycles. The van der Waals surface area contributed by atoms with E-state index in [1.165, 1.54) is 4.68 Å². The standard InChI is InChI=1S/C9H10BrN5/c1-15-9(12)13-8(14-15)5-3-2-4-6(10)7(5)11/h2-4H,11H2,1H3,(H2,12,13,14). The van der Waals surface area contributed by atoms with Crippen molar-refractivity contribution in [2.24, 2.45) is 7.05 Å². The Morgan fingerprint density at radius 1 is 1.33 bits per heavy atom. The third-order valence-electron chi connectivity index (χ3n) is 2.09. The number of aryl methyl sites for hydroxylation is 1. The van der Waals surface area contributed by atoms with Gasteiger partial charge in [0.1, 0.15) is 0 Å². The molecule has 0 aliphatic rings. The number of anilines is 2. The van der Waals surface area contributed by atoms with Gasteiger partial charge in [-0.3, -0.25) is 0 Å². The summed E-state index contributed by atoms with van der Waals surface area (Å²) in [7, 11) is 1.74. The van der Waals surface area contributed by atoms with Crippen molar-refractivity contribution in [3.05, 3.63) is 22.7 Å². The topological polar surface area (TPSA) is 82.8 Å². The molecule has 0 saturated carbocycles. The van der Waals surface area contributed by atoms with Crippen molar-refractivity contribution in [1.29, 1.82) is 0 Å². The van der Waals surface area contributed by atoms with E-state index >= 15 is 0 Å². The molecule has 2 rings (SSSR count). The van der Waals surface area contributed by atoms with Gasteiger partial charge in [-0.1, -0.05) is 6.07 Å². The second kappa shape index (κ2) is 3.54. The Morgan fingerprint density at radius 2 is 2.07 bits per heavy atom. The summed E-state index contributed by atoms with van der Waals surface area (Å²) in [5.74, 6) is 0.901. The second-order valence-corrected chi connectivity index (χ2v) is 3.97. The van der Waals surface area contributed by atoms with E-state index < -0.39 is 0 Å². The fourth-order valence-electron chi connectivity index (χ4n) is 1.24. The van der Waals surface area contributed by atoms with Crippen LogP contribution in [0, 0.1) is 0 Å². The first-order valence-corrected chi connectivity index (χ1v) is 5.09. The van der Waals surface area contributed by atoms with Gasteiger partial charge in [0.2, 0.25) is 5.95 Å². The maximum Gasteiger partial charge on any atom is 0.218 e. The SMILES string of the molecule is Cn1nc(-c2cccc(Br)c2N)nc1N. The first-order valence-electron chi connectivity index (χ1n) is 4.30. The smallest absolute Gasteiger partial charge is 0.218 e. The first-order chi connectivity index (χ1) is 7.09. The lowest BCUT2D eigenvalue weighted by atomic mass is 10.2. The van der Waals surface area contributed by atoms with Gasteiger partial charge in [0.25, 0.3) is 0 Å². The van der Waals surface area contributed by atoms with E-state index in [9.17, 15) is 0 Å². The van der Waals surface area contributed by atoms with Crippen LogP contribution in [0.3, 0.4) is 0 Å². The fraction of sp³-hybridized carbons (Fsp3) is 0.111. The van der Waals surface area contributed by atoms with Crippen LogP contribution in [0.2, 0.25) is 0 Å². The van der Waals surface area contributed by atoms with Gasteiger partial charge in [0.05, 0.1) is 5.69 Å². The summed E-state index contributed by atoms with van der Waals surface area (Å²) in [5, 5.41) is 4.16. The number of nitrogens with zero attached hydrogens (tertiary/aromatic N) is 3. The highest BCUT2D eigenvalue weighted by molar-refractivity contribution is 9.10. The number of nitrogen functional groups attached to an aromatic ring is 2. The Bertz CT molecular complexity index is 486. The minimum Gasteiger partial charge on any atom is -0.397 e. The molecule has 5 nitrogen and oxygen atoms in total. The number of hydrogen-bond donors (Lipinski definition) is 2.